The van der Waals surface area contributed by atoms with E-state index in [2.05, 4.69) is 36.3 Å². The molecule has 0 unspecified atom stereocenters. The molecule has 0 radical (unpaired) electrons. The number of nitrogens with zero attached hydrogens (tertiary/aromatic N) is 2. The monoisotopic (exact) mass is 540 g/mol. The van der Waals surface area contributed by atoms with E-state index >= 15 is 0 Å². The van der Waals surface area contributed by atoms with Crippen LogP contribution in [0, 0.1) is 17.8 Å². The number of benzene rings is 2. The van der Waals surface area contributed by atoms with E-state index in [-0.39, 0.29) is 35.9 Å². The summed E-state index contributed by atoms with van der Waals surface area (Å²) in [5.74, 6) is 0.118. The van der Waals surface area contributed by atoms with Crippen LogP contribution in [0.1, 0.15) is 42.9 Å². The molecule has 2 aromatic carbocycles. The number of fused-ring (bicyclic) bond motifs is 4. The maximum absolute atomic E-state index is 13.5. The molecule has 2 aromatic rings. The summed E-state index contributed by atoms with van der Waals surface area (Å²) in [5.41, 5.74) is 4.11. The number of piperidine rings is 1. The highest BCUT2D eigenvalue weighted by Crippen LogP contribution is 2.49. The molecular formula is C34H40N2O4. The summed E-state index contributed by atoms with van der Waals surface area (Å²) in [6, 6.07) is 18.4. The molecule has 0 bridgehead atoms. The molecule has 5 atom stereocenters. The Morgan fingerprint density at radius 1 is 1.07 bits per heavy atom. The van der Waals surface area contributed by atoms with Gasteiger partial charge in [-0.3, -0.25) is 14.5 Å². The molecule has 0 aromatic heterocycles. The minimum Gasteiger partial charge on any atom is -0.469 e. The van der Waals surface area contributed by atoms with Gasteiger partial charge in [0.05, 0.1) is 32.3 Å². The fraction of sp³-hybridized carbons (Fsp3) is 0.412. The Balaban J connectivity index is 1.45. The molecule has 6 nitrogen and oxygen atoms in total. The zero-order valence-corrected chi connectivity index (χ0v) is 23.4. The summed E-state index contributed by atoms with van der Waals surface area (Å²) in [5, 5.41) is 0. The summed E-state index contributed by atoms with van der Waals surface area (Å²) in [7, 11) is 1.48. The molecule has 0 spiro atoms. The van der Waals surface area contributed by atoms with Gasteiger partial charge in [-0.2, -0.15) is 0 Å². The third kappa shape index (κ3) is 5.84. The Morgan fingerprint density at radius 3 is 2.60 bits per heavy atom. The van der Waals surface area contributed by atoms with Crippen LogP contribution in [-0.4, -0.2) is 49.6 Å². The second kappa shape index (κ2) is 12.8. The maximum Gasteiger partial charge on any atom is 0.311 e. The Labute approximate surface area is 238 Å². The lowest BCUT2D eigenvalue weighted by Crippen LogP contribution is -2.53. The number of hydrogen-bond donors (Lipinski definition) is 0. The molecule has 2 heterocycles. The Hall–Kier alpha value is -3.48. The van der Waals surface area contributed by atoms with E-state index in [1.165, 1.54) is 7.11 Å². The van der Waals surface area contributed by atoms with Crippen molar-refractivity contribution in [3.05, 3.63) is 103 Å². The van der Waals surface area contributed by atoms with Gasteiger partial charge >= 0.3 is 5.97 Å². The van der Waals surface area contributed by atoms with Gasteiger partial charge in [0.1, 0.15) is 0 Å². The zero-order valence-electron chi connectivity index (χ0n) is 23.4. The normalized spacial score (nSPS) is 26.9. The first kappa shape index (κ1) is 28.1. The summed E-state index contributed by atoms with van der Waals surface area (Å²) in [6.07, 6.45) is 8.33. The molecule has 2 aliphatic heterocycles. The number of esters is 1. The lowest BCUT2D eigenvalue weighted by molar-refractivity contribution is -0.165. The molecule has 40 heavy (non-hydrogen) atoms. The van der Waals surface area contributed by atoms with E-state index in [0.717, 1.165) is 48.2 Å². The molecule has 1 aliphatic carbocycles. The number of ether oxygens (including phenoxy) is 2. The van der Waals surface area contributed by atoms with E-state index in [0.29, 0.717) is 32.0 Å². The highest BCUT2D eigenvalue weighted by Gasteiger charge is 2.50. The van der Waals surface area contributed by atoms with Crippen LogP contribution >= 0.6 is 0 Å². The maximum atomic E-state index is 13.5. The van der Waals surface area contributed by atoms with Crippen LogP contribution in [0.2, 0.25) is 0 Å². The van der Waals surface area contributed by atoms with Gasteiger partial charge in [0.2, 0.25) is 5.91 Å². The topological polar surface area (TPSA) is 59.1 Å². The highest BCUT2D eigenvalue weighted by atomic mass is 16.5. The van der Waals surface area contributed by atoms with Crippen LogP contribution < -0.4 is 4.90 Å². The smallest absolute Gasteiger partial charge is 0.311 e. The molecule has 1 amide bonds. The number of para-hydroxylation sites is 1. The van der Waals surface area contributed by atoms with Crippen molar-refractivity contribution >= 4 is 17.6 Å². The standard InChI is InChI=1S/C34H40N2O4/c1-4-11-24(5-2)21-36-29-15-10-9-14-27(29)30-20-28-26(22-35(30)19-18-32(36)37)16-17-31(33(28)34(38)39-3)40-23-25-12-7-6-8-13-25/h4-15,26,28,30-31,33H,1-2,16-23H2,3H3/b24-11+/t26-,28-,30-,31-,33+/m0/s1. The van der Waals surface area contributed by atoms with E-state index in [9.17, 15) is 9.59 Å². The van der Waals surface area contributed by atoms with Gasteiger partial charge in [0.15, 0.2) is 0 Å². The Kier molecular flexibility index (Phi) is 8.98. The second-order valence-corrected chi connectivity index (χ2v) is 11.1. The van der Waals surface area contributed by atoms with Crippen molar-refractivity contribution in [2.24, 2.45) is 17.8 Å². The molecule has 5 rings (SSSR count). The van der Waals surface area contributed by atoms with E-state index in [1.807, 2.05) is 47.4 Å². The average Bonchev–Trinajstić information content (AvgIpc) is 2.99. The molecular weight excluding hydrogens is 500 g/mol. The number of anilines is 1. The number of methoxy groups -OCH3 is 1. The van der Waals surface area contributed by atoms with Crippen molar-refractivity contribution in [1.82, 2.24) is 4.90 Å². The SMILES string of the molecule is C=C/C=C(\C=C)CN1C(=O)CCN2C[C@@H]3CC[C@H](OCc4ccccc4)[C@H](C(=O)OC)[C@H]3C[C@H]2c2ccccc21. The molecule has 210 valence electrons. The van der Waals surface area contributed by atoms with Gasteiger partial charge in [-0.25, -0.2) is 0 Å². The highest BCUT2D eigenvalue weighted by molar-refractivity contribution is 5.95. The van der Waals surface area contributed by atoms with Crippen LogP contribution in [0.15, 0.2) is 91.6 Å². The summed E-state index contributed by atoms with van der Waals surface area (Å²) in [4.78, 5) is 31.1. The second-order valence-electron chi connectivity index (χ2n) is 11.1. The number of amides is 1. The van der Waals surface area contributed by atoms with Gasteiger partial charge in [0.25, 0.3) is 0 Å². The molecule has 0 N–H and O–H groups in total. The predicted octanol–water partition coefficient (Wildman–Crippen LogP) is 5.87. The lowest BCUT2D eigenvalue weighted by atomic mass is 9.65. The quantitative estimate of drug-likeness (QED) is 0.310. The third-order valence-electron chi connectivity index (χ3n) is 8.91. The zero-order chi connectivity index (χ0) is 28.1. The average molecular weight is 541 g/mol. The number of carbonyl (C=O) groups excluding carboxylic acids is 2. The number of carbonyl (C=O) groups is 2. The fourth-order valence-electron chi connectivity index (χ4n) is 6.96. The first-order chi connectivity index (χ1) is 19.5. The molecule has 3 aliphatic rings. The van der Waals surface area contributed by atoms with Crippen molar-refractivity contribution in [2.45, 2.75) is 44.4 Å². The van der Waals surface area contributed by atoms with E-state index in [4.69, 9.17) is 9.47 Å². The van der Waals surface area contributed by atoms with Crippen molar-refractivity contribution in [1.29, 1.82) is 0 Å². The first-order valence-electron chi connectivity index (χ1n) is 14.3. The largest absolute Gasteiger partial charge is 0.469 e. The molecule has 2 fully saturated rings. The first-order valence-corrected chi connectivity index (χ1v) is 14.3. The van der Waals surface area contributed by atoms with Crippen LogP contribution in [0.25, 0.3) is 0 Å². The Morgan fingerprint density at radius 2 is 1.85 bits per heavy atom. The molecule has 1 saturated carbocycles. The van der Waals surface area contributed by atoms with Crippen molar-refractivity contribution in [2.75, 3.05) is 31.6 Å². The van der Waals surface area contributed by atoms with Crippen molar-refractivity contribution in [3.8, 4) is 0 Å². The van der Waals surface area contributed by atoms with Gasteiger partial charge in [-0.05, 0) is 53.9 Å². The van der Waals surface area contributed by atoms with Gasteiger partial charge in [-0.1, -0.05) is 79.9 Å². The van der Waals surface area contributed by atoms with Gasteiger partial charge in [0, 0.05) is 31.2 Å². The van der Waals surface area contributed by atoms with E-state index < -0.39 is 0 Å². The fourth-order valence-corrected chi connectivity index (χ4v) is 6.96. The van der Waals surface area contributed by atoms with Crippen LogP contribution in [0.5, 0.6) is 0 Å². The summed E-state index contributed by atoms with van der Waals surface area (Å²) in [6.45, 7) is 10.2. The number of hydrogen-bond acceptors (Lipinski definition) is 5. The van der Waals surface area contributed by atoms with Crippen LogP contribution in [0.4, 0.5) is 5.69 Å². The minimum absolute atomic E-state index is 0.101. The van der Waals surface area contributed by atoms with E-state index in [1.54, 1.807) is 12.2 Å². The Bertz CT molecular complexity index is 1260. The molecule has 6 heteroatoms. The summed E-state index contributed by atoms with van der Waals surface area (Å²) < 4.78 is 11.8. The van der Waals surface area contributed by atoms with Crippen molar-refractivity contribution < 1.29 is 19.1 Å². The summed E-state index contributed by atoms with van der Waals surface area (Å²) >= 11 is 0. The van der Waals surface area contributed by atoms with Crippen LogP contribution in [0.3, 0.4) is 0 Å². The minimum atomic E-state index is -0.312. The third-order valence-corrected chi connectivity index (χ3v) is 8.91. The molecule has 1 saturated heterocycles. The van der Waals surface area contributed by atoms with Crippen molar-refractivity contribution in [3.63, 3.8) is 0 Å². The van der Waals surface area contributed by atoms with Gasteiger partial charge < -0.3 is 14.4 Å². The predicted molar refractivity (Wildman–Crippen MR) is 158 cm³/mol. The van der Waals surface area contributed by atoms with Gasteiger partial charge in [-0.15, -0.1) is 0 Å². The number of rotatable bonds is 8. The number of allylic oxidation sites excluding steroid dienone is 2. The lowest BCUT2D eigenvalue weighted by Gasteiger charge is -2.51. The van der Waals surface area contributed by atoms with Crippen LogP contribution in [-0.2, 0) is 25.7 Å².